The molecule has 0 unspecified atom stereocenters. The highest BCUT2D eigenvalue weighted by Crippen LogP contribution is 2.21. The van der Waals surface area contributed by atoms with Gasteiger partial charge in [-0.3, -0.25) is 9.52 Å². The molecule has 32 heavy (non-hydrogen) atoms. The number of nitrogens with zero attached hydrogens (tertiary/aromatic N) is 2. The van der Waals surface area contributed by atoms with Crippen LogP contribution < -0.4 is 10.0 Å². The topological polar surface area (TPSA) is 93.1 Å². The second-order valence-electron chi connectivity index (χ2n) is 7.64. The third-order valence-electron chi connectivity index (χ3n) is 5.18. The number of hydrogen-bond donors (Lipinski definition) is 2. The Hall–Kier alpha value is -3.65. The molecule has 1 amide bonds. The van der Waals surface area contributed by atoms with E-state index in [-0.39, 0.29) is 10.8 Å². The fraction of sp³-hybridized carbons (Fsp3) is 0.167. The summed E-state index contributed by atoms with van der Waals surface area (Å²) in [5.74, 6) is -0.276. The Kier molecular flexibility index (Phi) is 5.96. The lowest BCUT2D eigenvalue weighted by molar-refractivity contribution is 0.0952. The number of carbonyl (C=O) groups excluding carboxylic acids is 1. The molecule has 7 nitrogen and oxygen atoms in total. The second kappa shape index (κ2) is 8.84. The number of aromatic nitrogens is 2. The van der Waals surface area contributed by atoms with Crippen molar-refractivity contribution in [1.29, 1.82) is 0 Å². The van der Waals surface area contributed by atoms with E-state index in [2.05, 4.69) is 15.0 Å². The standard InChI is InChI=1S/C24H24N4O3S/c1-17-10-11-18(2)23(14-17)32(30,31)27-20-7-5-6-19(15-20)24(29)25-12-13-28-16-26-21-8-3-4-9-22(21)28/h3-11,14-16,27H,12-13H2,1-2H3,(H,25,29). The summed E-state index contributed by atoms with van der Waals surface area (Å²) in [6, 6.07) is 19.5. The van der Waals surface area contributed by atoms with Crippen LogP contribution in [0.1, 0.15) is 21.5 Å². The van der Waals surface area contributed by atoms with E-state index >= 15 is 0 Å². The van der Waals surface area contributed by atoms with E-state index in [1.165, 1.54) is 6.07 Å². The third-order valence-corrected chi connectivity index (χ3v) is 6.70. The van der Waals surface area contributed by atoms with E-state index in [1.54, 1.807) is 43.6 Å². The molecule has 8 heteroatoms. The van der Waals surface area contributed by atoms with Gasteiger partial charge < -0.3 is 9.88 Å². The normalized spacial score (nSPS) is 11.4. The van der Waals surface area contributed by atoms with Crippen molar-refractivity contribution in [3.8, 4) is 0 Å². The zero-order valence-electron chi connectivity index (χ0n) is 17.9. The predicted octanol–water partition coefficient (Wildman–Crippen LogP) is 3.88. The fourth-order valence-electron chi connectivity index (χ4n) is 3.51. The maximum absolute atomic E-state index is 12.8. The molecule has 0 radical (unpaired) electrons. The van der Waals surface area contributed by atoms with Crippen LogP contribution in [0.4, 0.5) is 5.69 Å². The minimum atomic E-state index is -3.77. The smallest absolute Gasteiger partial charge is 0.262 e. The van der Waals surface area contributed by atoms with Gasteiger partial charge in [0.15, 0.2) is 0 Å². The molecule has 0 spiro atoms. The molecule has 164 valence electrons. The van der Waals surface area contributed by atoms with E-state index in [0.717, 1.165) is 16.6 Å². The summed E-state index contributed by atoms with van der Waals surface area (Å²) in [7, 11) is -3.77. The molecule has 1 heterocycles. The number of sulfonamides is 1. The van der Waals surface area contributed by atoms with Gasteiger partial charge in [-0.2, -0.15) is 0 Å². The van der Waals surface area contributed by atoms with Gasteiger partial charge in [0.05, 0.1) is 22.3 Å². The molecular weight excluding hydrogens is 424 g/mol. The van der Waals surface area contributed by atoms with Crippen LogP contribution in [0.15, 0.2) is 78.0 Å². The molecule has 0 bridgehead atoms. The molecule has 3 aromatic carbocycles. The van der Waals surface area contributed by atoms with Crippen LogP contribution in [0.3, 0.4) is 0 Å². The second-order valence-corrected chi connectivity index (χ2v) is 9.29. The summed E-state index contributed by atoms with van der Waals surface area (Å²) in [4.78, 5) is 17.2. The first-order valence-electron chi connectivity index (χ1n) is 10.2. The highest BCUT2D eigenvalue weighted by molar-refractivity contribution is 7.92. The van der Waals surface area contributed by atoms with Crippen molar-refractivity contribution in [2.75, 3.05) is 11.3 Å². The number of hydrogen-bond acceptors (Lipinski definition) is 4. The van der Waals surface area contributed by atoms with Crippen molar-refractivity contribution in [1.82, 2.24) is 14.9 Å². The molecule has 0 aliphatic heterocycles. The number of fused-ring (bicyclic) bond motifs is 1. The number of carbonyl (C=O) groups is 1. The summed E-state index contributed by atoms with van der Waals surface area (Å²) in [5.41, 5.74) is 4.13. The van der Waals surface area contributed by atoms with Crippen LogP contribution in [0.2, 0.25) is 0 Å². The Bertz CT molecular complexity index is 1390. The Labute approximate surface area is 187 Å². The van der Waals surface area contributed by atoms with Gasteiger partial charge in [-0.1, -0.05) is 30.3 Å². The molecular formula is C24H24N4O3S. The van der Waals surface area contributed by atoms with Gasteiger partial charge in [-0.15, -0.1) is 0 Å². The molecule has 1 aromatic heterocycles. The van der Waals surface area contributed by atoms with Crippen LogP contribution in [0.25, 0.3) is 11.0 Å². The number of benzene rings is 3. The highest BCUT2D eigenvalue weighted by Gasteiger charge is 2.18. The molecule has 0 saturated heterocycles. The van der Waals surface area contributed by atoms with Crippen LogP contribution in [-0.2, 0) is 16.6 Å². The monoisotopic (exact) mass is 448 g/mol. The highest BCUT2D eigenvalue weighted by atomic mass is 32.2. The lowest BCUT2D eigenvalue weighted by Gasteiger charge is -2.12. The van der Waals surface area contributed by atoms with Crippen LogP contribution in [0.5, 0.6) is 0 Å². The first-order chi connectivity index (χ1) is 15.3. The summed E-state index contributed by atoms with van der Waals surface area (Å²) in [6.07, 6.45) is 1.75. The number of aryl methyl sites for hydroxylation is 2. The quantitative estimate of drug-likeness (QED) is 0.449. The molecule has 0 atom stereocenters. The van der Waals surface area contributed by atoms with Gasteiger partial charge in [-0.25, -0.2) is 13.4 Å². The Morgan fingerprint density at radius 3 is 2.66 bits per heavy atom. The largest absolute Gasteiger partial charge is 0.350 e. The van der Waals surface area contributed by atoms with Crippen molar-refractivity contribution in [2.24, 2.45) is 0 Å². The van der Waals surface area contributed by atoms with Gasteiger partial charge in [-0.05, 0) is 61.4 Å². The van der Waals surface area contributed by atoms with Gasteiger partial charge in [0, 0.05) is 24.3 Å². The number of imidazole rings is 1. The molecule has 0 aliphatic carbocycles. The molecule has 0 fully saturated rings. The summed E-state index contributed by atoms with van der Waals surface area (Å²) < 4.78 is 30.2. The van der Waals surface area contributed by atoms with E-state index in [4.69, 9.17) is 0 Å². The van der Waals surface area contributed by atoms with Gasteiger partial charge >= 0.3 is 0 Å². The van der Waals surface area contributed by atoms with Crippen molar-refractivity contribution < 1.29 is 13.2 Å². The minimum absolute atomic E-state index is 0.222. The Morgan fingerprint density at radius 1 is 1.00 bits per heavy atom. The van der Waals surface area contributed by atoms with E-state index in [9.17, 15) is 13.2 Å². The minimum Gasteiger partial charge on any atom is -0.350 e. The van der Waals surface area contributed by atoms with Crippen molar-refractivity contribution in [3.63, 3.8) is 0 Å². The maximum Gasteiger partial charge on any atom is 0.262 e. The number of para-hydroxylation sites is 2. The number of rotatable bonds is 7. The molecule has 4 aromatic rings. The van der Waals surface area contributed by atoms with E-state index in [1.807, 2.05) is 41.8 Å². The van der Waals surface area contributed by atoms with Gasteiger partial charge in [0.25, 0.3) is 15.9 Å². The van der Waals surface area contributed by atoms with Gasteiger partial charge in [0.1, 0.15) is 0 Å². The van der Waals surface area contributed by atoms with Crippen LogP contribution in [0, 0.1) is 13.8 Å². The SMILES string of the molecule is Cc1ccc(C)c(S(=O)(=O)Nc2cccc(C(=O)NCCn3cnc4ccccc43)c2)c1. The van der Waals surface area contributed by atoms with Crippen LogP contribution >= 0.6 is 0 Å². The Morgan fingerprint density at radius 2 is 1.81 bits per heavy atom. The van der Waals surface area contributed by atoms with E-state index in [0.29, 0.717) is 29.9 Å². The Balaban J connectivity index is 1.43. The average Bonchev–Trinajstić information content (AvgIpc) is 3.18. The molecule has 0 aliphatic rings. The lowest BCUT2D eigenvalue weighted by atomic mass is 10.2. The first kappa shape index (κ1) is 21.6. The van der Waals surface area contributed by atoms with E-state index < -0.39 is 10.0 Å². The maximum atomic E-state index is 12.8. The first-order valence-corrected chi connectivity index (χ1v) is 11.7. The van der Waals surface area contributed by atoms with Crippen molar-refractivity contribution in [2.45, 2.75) is 25.3 Å². The number of anilines is 1. The molecule has 0 saturated carbocycles. The summed E-state index contributed by atoms with van der Waals surface area (Å²) in [6.45, 7) is 4.58. The van der Waals surface area contributed by atoms with Crippen molar-refractivity contribution in [3.05, 3.63) is 89.7 Å². The number of amides is 1. The fourth-order valence-corrected chi connectivity index (χ4v) is 4.89. The summed E-state index contributed by atoms with van der Waals surface area (Å²) in [5, 5.41) is 2.88. The zero-order chi connectivity index (χ0) is 22.7. The molecule has 4 rings (SSSR count). The predicted molar refractivity (Wildman–Crippen MR) is 125 cm³/mol. The molecule has 2 N–H and O–H groups in total. The van der Waals surface area contributed by atoms with Crippen molar-refractivity contribution >= 4 is 32.7 Å². The summed E-state index contributed by atoms with van der Waals surface area (Å²) >= 11 is 0. The lowest BCUT2D eigenvalue weighted by Crippen LogP contribution is -2.27. The van der Waals surface area contributed by atoms with Crippen LogP contribution in [-0.4, -0.2) is 30.4 Å². The average molecular weight is 449 g/mol. The third kappa shape index (κ3) is 4.65. The van der Waals surface area contributed by atoms with Gasteiger partial charge in [0.2, 0.25) is 0 Å². The zero-order valence-corrected chi connectivity index (χ0v) is 18.7. The number of nitrogens with one attached hydrogen (secondary N) is 2.